The van der Waals surface area contributed by atoms with Gasteiger partial charge < -0.3 is 28.7 Å². The minimum absolute atomic E-state index is 0.101. The SMILES string of the molecule is CCCCCCC1(CCCCCC)c2cc(-c3ccc(N(c4ccc(C5OCCO5)cc4)c4cccc5ccccc45)cc3)ccc2-c2ccc(-c3ccc(N(c4ccc(C5OCCO5)cc4)c4cccc5ccccc45)cc3)cc21. The summed E-state index contributed by atoms with van der Waals surface area (Å²) in [6, 6.07) is 81.2. The Bertz CT molecular complexity index is 3510. The molecule has 1 aliphatic carbocycles. The van der Waals surface area contributed by atoms with Crippen LogP contribution in [0.4, 0.5) is 34.1 Å². The molecule has 13 rings (SSSR count). The second kappa shape index (κ2) is 23.7. The van der Waals surface area contributed by atoms with Gasteiger partial charge in [-0.15, -0.1) is 0 Å². The van der Waals surface area contributed by atoms with Crippen LogP contribution < -0.4 is 9.80 Å². The topological polar surface area (TPSA) is 43.4 Å². The van der Waals surface area contributed by atoms with Gasteiger partial charge in [-0.05, 0) is 141 Å². The van der Waals surface area contributed by atoms with Crippen LogP contribution >= 0.6 is 0 Å². The fraction of sp³-hybridized carbons (Fsp3) is 0.253. The summed E-state index contributed by atoms with van der Waals surface area (Å²) in [5.74, 6) is 0. The molecular formula is C75H72N2O4. The molecule has 2 fully saturated rings. The maximum Gasteiger partial charge on any atom is 0.184 e. The summed E-state index contributed by atoms with van der Waals surface area (Å²) >= 11 is 0. The Labute approximate surface area is 478 Å². The minimum atomic E-state index is -0.320. The van der Waals surface area contributed by atoms with Crippen LogP contribution in [0.15, 0.2) is 218 Å². The molecule has 81 heavy (non-hydrogen) atoms. The van der Waals surface area contributed by atoms with E-state index in [9.17, 15) is 0 Å². The van der Waals surface area contributed by atoms with Crippen molar-refractivity contribution in [1.29, 1.82) is 0 Å². The quantitative estimate of drug-likeness (QED) is 0.0709. The molecule has 0 saturated carbocycles. The molecule has 0 radical (unpaired) electrons. The van der Waals surface area contributed by atoms with Gasteiger partial charge in [-0.3, -0.25) is 0 Å². The summed E-state index contributed by atoms with van der Waals surface area (Å²) in [5, 5.41) is 4.83. The van der Waals surface area contributed by atoms with Gasteiger partial charge in [-0.1, -0.05) is 211 Å². The average molecular weight is 1070 g/mol. The third-order valence-electron chi connectivity index (χ3n) is 17.3. The number of hydrogen-bond donors (Lipinski definition) is 0. The van der Waals surface area contributed by atoms with Crippen molar-refractivity contribution in [2.24, 2.45) is 0 Å². The van der Waals surface area contributed by atoms with Crippen LogP contribution in [0.1, 0.15) is 113 Å². The van der Waals surface area contributed by atoms with Crippen LogP contribution in [0.2, 0.25) is 0 Å². The summed E-state index contributed by atoms with van der Waals surface area (Å²) in [6.45, 7) is 7.13. The summed E-state index contributed by atoms with van der Waals surface area (Å²) in [4.78, 5) is 4.77. The van der Waals surface area contributed by atoms with Gasteiger partial charge in [0.05, 0.1) is 37.8 Å². The van der Waals surface area contributed by atoms with Crippen molar-refractivity contribution in [2.45, 2.75) is 96.1 Å². The first-order valence-corrected chi connectivity index (χ1v) is 29.8. The maximum absolute atomic E-state index is 5.88. The van der Waals surface area contributed by atoms with E-state index in [-0.39, 0.29) is 18.0 Å². The van der Waals surface area contributed by atoms with Crippen molar-refractivity contribution in [1.82, 2.24) is 0 Å². The lowest BCUT2D eigenvalue weighted by atomic mass is 9.70. The molecule has 10 aromatic rings. The maximum atomic E-state index is 5.88. The molecule has 0 atom stereocenters. The first-order chi connectivity index (χ1) is 40.1. The second-order valence-electron chi connectivity index (χ2n) is 22.3. The Morgan fingerprint density at radius 1 is 0.358 bits per heavy atom. The standard InChI is InChI=1S/C75H72N2O4/c1-3-5-7-13-45-75(46-14-8-6-4-2)69-51-59(53-25-35-61(36-26-53)76(71-23-15-19-55-17-9-11-21-65(55)71)63-39-29-57(30-40-63)73-78-47-48-79-73)33-43-67(69)68-44-34-60(52-70(68)75)54-27-37-62(38-28-54)77(72-24-16-20-56-18-10-12-22-66(56)72)64-41-31-58(32-42-64)74-80-49-50-81-74/h9-12,15-44,51-52,73-74H,3-8,13-14,45-50H2,1-2H3. The minimum Gasteiger partial charge on any atom is -0.346 e. The molecule has 406 valence electrons. The van der Waals surface area contributed by atoms with Crippen LogP contribution in [0.25, 0.3) is 54.9 Å². The lowest BCUT2D eigenvalue weighted by Gasteiger charge is -2.33. The van der Waals surface area contributed by atoms with Gasteiger partial charge in [0.15, 0.2) is 12.6 Å². The summed E-state index contributed by atoms with van der Waals surface area (Å²) in [6.07, 6.45) is 11.5. The van der Waals surface area contributed by atoms with Crippen LogP contribution in [-0.4, -0.2) is 26.4 Å². The zero-order chi connectivity index (χ0) is 54.5. The third kappa shape index (κ3) is 10.5. The number of ether oxygens (including phenoxy) is 4. The molecule has 10 aromatic carbocycles. The van der Waals surface area contributed by atoms with Crippen molar-refractivity contribution in [3.05, 3.63) is 241 Å². The Morgan fingerprint density at radius 2 is 0.716 bits per heavy atom. The molecular weight excluding hydrogens is 993 g/mol. The Morgan fingerprint density at radius 3 is 1.11 bits per heavy atom. The Balaban J connectivity index is 0.859. The highest BCUT2D eigenvalue weighted by atomic mass is 16.7. The van der Waals surface area contributed by atoms with E-state index in [1.54, 1.807) is 0 Å². The molecule has 0 aromatic heterocycles. The number of anilines is 6. The molecule has 2 saturated heterocycles. The molecule has 0 spiro atoms. The first-order valence-electron chi connectivity index (χ1n) is 29.8. The third-order valence-corrected chi connectivity index (χ3v) is 17.3. The number of unbranched alkanes of at least 4 members (excludes halogenated alkanes) is 6. The van der Waals surface area contributed by atoms with Crippen molar-refractivity contribution in [2.75, 3.05) is 36.2 Å². The van der Waals surface area contributed by atoms with Crippen molar-refractivity contribution < 1.29 is 18.9 Å². The number of benzene rings is 10. The fourth-order valence-electron chi connectivity index (χ4n) is 13.2. The van der Waals surface area contributed by atoms with E-state index >= 15 is 0 Å². The zero-order valence-electron chi connectivity index (χ0n) is 46.9. The van der Waals surface area contributed by atoms with Crippen molar-refractivity contribution >= 4 is 55.7 Å². The van der Waals surface area contributed by atoms with Gasteiger partial charge in [-0.2, -0.15) is 0 Å². The van der Waals surface area contributed by atoms with E-state index in [2.05, 4.69) is 242 Å². The molecule has 2 aliphatic heterocycles. The highest BCUT2D eigenvalue weighted by molar-refractivity contribution is 6.00. The second-order valence-corrected chi connectivity index (χ2v) is 22.3. The molecule has 3 aliphatic rings. The van der Waals surface area contributed by atoms with Crippen LogP contribution in [0.3, 0.4) is 0 Å². The summed E-state index contributed by atoms with van der Waals surface area (Å²) < 4.78 is 23.5. The first kappa shape index (κ1) is 52.5. The summed E-state index contributed by atoms with van der Waals surface area (Å²) in [5.41, 5.74) is 19.3. The summed E-state index contributed by atoms with van der Waals surface area (Å²) in [7, 11) is 0. The van der Waals surface area contributed by atoms with Crippen LogP contribution in [0.5, 0.6) is 0 Å². The van der Waals surface area contributed by atoms with Crippen LogP contribution in [0, 0.1) is 0 Å². The largest absolute Gasteiger partial charge is 0.346 e. The Hall–Kier alpha value is -7.84. The van der Waals surface area contributed by atoms with E-state index in [1.165, 1.54) is 117 Å². The average Bonchev–Trinajstić information content (AvgIpc) is 4.49. The normalized spacial score (nSPS) is 14.9. The van der Waals surface area contributed by atoms with Crippen LogP contribution in [-0.2, 0) is 24.4 Å². The van der Waals surface area contributed by atoms with Gasteiger partial charge in [0.1, 0.15) is 0 Å². The zero-order valence-corrected chi connectivity index (χ0v) is 46.9. The molecule has 0 unspecified atom stereocenters. The number of hydrogen-bond acceptors (Lipinski definition) is 6. The van der Waals surface area contributed by atoms with E-state index in [0.29, 0.717) is 26.4 Å². The highest BCUT2D eigenvalue weighted by Gasteiger charge is 2.43. The molecule has 0 bridgehead atoms. The molecule has 0 N–H and O–H groups in total. The lowest BCUT2D eigenvalue weighted by Crippen LogP contribution is -2.25. The van der Waals surface area contributed by atoms with Gasteiger partial charge in [-0.25, -0.2) is 0 Å². The predicted octanol–water partition coefficient (Wildman–Crippen LogP) is 20.6. The van der Waals surface area contributed by atoms with E-state index in [1.807, 2.05) is 0 Å². The number of fused-ring (bicyclic) bond motifs is 5. The lowest BCUT2D eigenvalue weighted by molar-refractivity contribution is -0.0443. The van der Waals surface area contributed by atoms with Crippen molar-refractivity contribution in [3.63, 3.8) is 0 Å². The van der Waals surface area contributed by atoms with Gasteiger partial charge >= 0.3 is 0 Å². The molecule has 2 heterocycles. The van der Waals surface area contributed by atoms with E-state index in [0.717, 1.165) is 58.1 Å². The van der Waals surface area contributed by atoms with Gasteiger partial charge in [0, 0.05) is 50.1 Å². The fourth-order valence-corrected chi connectivity index (χ4v) is 13.2. The monoisotopic (exact) mass is 1060 g/mol. The molecule has 0 amide bonds. The van der Waals surface area contributed by atoms with Gasteiger partial charge in [0.25, 0.3) is 0 Å². The smallest absolute Gasteiger partial charge is 0.184 e. The van der Waals surface area contributed by atoms with E-state index in [4.69, 9.17) is 18.9 Å². The van der Waals surface area contributed by atoms with Gasteiger partial charge in [0.2, 0.25) is 0 Å². The molecule has 6 nitrogen and oxygen atoms in total. The predicted molar refractivity (Wildman–Crippen MR) is 335 cm³/mol. The van der Waals surface area contributed by atoms with Crippen molar-refractivity contribution in [3.8, 4) is 33.4 Å². The number of rotatable bonds is 20. The Kier molecular flexibility index (Phi) is 15.4. The highest BCUT2D eigenvalue weighted by Crippen LogP contribution is 2.56. The molecule has 6 heteroatoms. The van der Waals surface area contributed by atoms with E-state index < -0.39 is 0 Å². The number of nitrogens with zero attached hydrogens (tertiary/aromatic N) is 2.